The molecule has 24 heavy (non-hydrogen) atoms. The molecular weight excluding hydrogens is 353 g/mol. The number of nitrogens with zero attached hydrogens (tertiary/aromatic N) is 4. The molecule has 3 aromatic rings. The van der Waals surface area contributed by atoms with Crippen LogP contribution >= 0.6 is 23.5 Å². The normalized spacial score (nSPS) is 10.6. The molecule has 1 aromatic carbocycles. The summed E-state index contributed by atoms with van der Waals surface area (Å²) < 4.78 is 17.8. The molecule has 1 N–H and O–H groups in total. The largest absolute Gasteiger partial charge is 0.464 e. The monoisotopic (exact) mass is 363 g/mol. The van der Waals surface area contributed by atoms with E-state index in [1.165, 1.54) is 55.3 Å². The van der Waals surface area contributed by atoms with Gasteiger partial charge < -0.3 is 4.74 Å². The summed E-state index contributed by atoms with van der Waals surface area (Å²) in [6, 6.07) is 5.86. The lowest BCUT2D eigenvalue weighted by atomic mass is 10.4. The van der Waals surface area contributed by atoms with Crippen molar-refractivity contribution in [1.82, 2.24) is 25.1 Å². The summed E-state index contributed by atoms with van der Waals surface area (Å²) in [6.45, 7) is 0. The van der Waals surface area contributed by atoms with E-state index in [1.807, 2.05) is 0 Å². The number of benzene rings is 1. The molecule has 0 amide bonds. The molecule has 2 heterocycles. The summed E-state index contributed by atoms with van der Waals surface area (Å²) in [5, 5.41) is 7.79. The first-order chi connectivity index (χ1) is 11.7. The highest BCUT2D eigenvalue weighted by Crippen LogP contribution is 2.30. The molecule has 0 aliphatic rings. The Hall–Kier alpha value is -2.46. The van der Waals surface area contributed by atoms with Crippen molar-refractivity contribution in [1.29, 1.82) is 0 Å². The maximum atomic E-state index is 13.0. The molecule has 0 bridgehead atoms. The second-order valence-electron chi connectivity index (χ2n) is 4.30. The SMILES string of the molecule is COC(=O)c1nc(Sc2ncn[nH]2)cnc1Sc1ccc(F)cc1. The Morgan fingerprint density at radius 2 is 2.00 bits per heavy atom. The number of H-pyrrole nitrogens is 1. The topological polar surface area (TPSA) is 93.6 Å². The molecule has 0 aliphatic heterocycles. The molecule has 0 atom stereocenters. The van der Waals surface area contributed by atoms with E-state index in [-0.39, 0.29) is 11.5 Å². The minimum Gasteiger partial charge on any atom is -0.464 e. The highest BCUT2D eigenvalue weighted by molar-refractivity contribution is 7.99. The molecule has 3 rings (SSSR count). The quantitative estimate of drug-likeness (QED) is 0.692. The van der Waals surface area contributed by atoms with E-state index >= 15 is 0 Å². The number of hydrogen-bond acceptors (Lipinski definition) is 8. The second-order valence-corrected chi connectivity index (χ2v) is 6.37. The van der Waals surface area contributed by atoms with Gasteiger partial charge in [-0.2, -0.15) is 5.10 Å². The summed E-state index contributed by atoms with van der Waals surface area (Å²) in [4.78, 5) is 25.2. The lowest BCUT2D eigenvalue weighted by Gasteiger charge is -2.07. The number of nitrogens with one attached hydrogen (secondary N) is 1. The van der Waals surface area contributed by atoms with E-state index in [2.05, 4.69) is 25.1 Å². The van der Waals surface area contributed by atoms with Crippen LogP contribution in [0.15, 0.2) is 56.9 Å². The van der Waals surface area contributed by atoms with Crippen LogP contribution in [-0.4, -0.2) is 38.2 Å². The van der Waals surface area contributed by atoms with Crippen molar-refractivity contribution in [3.8, 4) is 0 Å². The third-order valence-corrected chi connectivity index (χ3v) is 4.51. The minimum absolute atomic E-state index is 0.0799. The molecule has 0 radical (unpaired) electrons. The van der Waals surface area contributed by atoms with Crippen molar-refractivity contribution < 1.29 is 13.9 Å². The number of carbonyl (C=O) groups excluding carboxylic acids is 1. The second kappa shape index (κ2) is 7.41. The number of hydrogen-bond donors (Lipinski definition) is 1. The summed E-state index contributed by atoms with van der Waals surface area (Å²) in [6.07, 6.45) is 2.89. The summed E-state index contributed by atoms with van der Waals surface area (Å²) >= 11 is 2.38. The van der Waals surface area contributed by atoms with E-state index in [0.717, 1.165) is 4.90 Å². The number of ether oxygens (including phenoxy) is 1. The molecule has 0 unspecified atom stereocenters. The molecule has 0 fully saturated rings. The van der Waals surface area contributed by atoms with Crippen molar-refractivity contribution in [3.63, 3.8) is 0 Å². The first-order valence-electron chi connectivity index (χ1n) is 6.57. The molecule has 122 valence electrons. The fourth-order valence-electron chi connectivity index (χ4n) is 1.67. The highest BCUT2D eigenvalue weighted by Gasteiger charge is 2.18. The smallest absolute Gasteiger partial charge is 0.359 e. The number of aromatic amines is 1. The van der Waals surface area contributed by atoms with Crippen LogP contribution in [0, 0.1) is 5.82 Å². The van der Waals surface area contributed by atoms with E-state index in [9.17, 15) is 9.18 Å². The lowest BCUT2D eigenvalue weighted by Crippen LogP contribution is -2.08. The Kier molecular flexibility index (Phi) is 5.06. The molecule has 0 saturated carbocycles. The number of carbonyl (C=O) groups is 1. The van der Waals surface area contributed by atoms with Gasteiger partial charge in [-0.05, 0) is 36.0 Å². The van der Waals surface area contributed by atoms with Crippen LogP contribution in [0.1, 0.15) is 10.5 Å². The van der Waals surface area contributed by atoms with Crippen molar-refractivity contribution in [2.75, 3.05) is 7.11 Å². The Labute approximate surface area is 144 Å². The van der Waals surface area contributed by atoms with Crippen molar-refractivity contribution in [2.45, 2.75) is 20.1 Å². The van der Waals surface area contributed by atoms with Gasteiger partial charge in [0.05, 0.1) is 13.3 Å². The average Bonchev–Trinajstić information content (AvgIpc) is 3.10. The Bertz CT molecular complexity index is 843. The van der Waals surface area contributed by atoms with Gasteiger partial charge >= 0.3 is 5.97 Å². The Morgan fingerprint density at radius 3 is 2.67 bits per heavy atom. The zero-order chi connectivity index (χ0) is 16.9. The average molecular weight is 363 g/mol. The van der Waals surface area contributed by atoms with Crippen LogP contribution in [0.2, 0.25) is 0 Å². The fourth-order valence-corrected chi connectivity index (χ4v) is 3.14. The lowest BCUT2D eigenvalue weighted by molar-refractivity contribution is 0.0587. The van der Waals surface area contributed by atoms with Gasteiger partial charge in [0.25, 0.3) is 0 Å². The van der Waals surface area contributed by atoms with Gasteiger partial charge in [0.2, 0.25) is 0 Å². The third-order valence-electron chi connectivity index (χ3n) is 2.72. The standard InChI is InChI=1S/C14H10FN5O2S2/c1-22-13(21)11-12(23-9-4-2-8(15)3-5-9)16-6-10(19-11)24-14-17-7-18-20-14/h2-7H,1H3,(H,17,18,20). The van der Waals surface area contributed by atoms with Gasteiger partial charge in [-0.25, -0.2) is 24.1 Å². The van der Waals surface area contributed by atoms with Crippen LogP contribution in [0.3, 0.4) is 0 Å². The summed E-state index contributed by atoms with van der Waals surface area (Å²) in [7, 11) is 1.27. The summed E-state index contributed by atoms with van der Waals surface area (Å²) in [5.74, 6) is -0.940. The zero-order valence-electron chi connectivity index (χ0n) is 12.3. The third kappa shape index (κ3) is 3.89. The molecule has 0 saturated heterocycles. The molecular formula is C14H10FN5O2S2. The highest BCUT2D eigenvalue weighted by atomic mass is 32.2. The fraction of sp³-hybridized carbons (Fsp3) is 0.0714. The van der Waals surface area contributed by atoms with Gasteiger partial charge in [-0.15, -0.1) is 0 Å². The Morgan fingerprint density at radius 1 is 1.21 bits per heavy atom. The van der Waals surface area contributed by atoms with Crippen LogP contribution in [0.5, 0.6) is 0 Å². The van der Waals surface area contributed by atoms with Crippen LogP contribution in [0.4, 0.5) is 4.39 Å². The molecule has 0 aliphatic carbocycles. The maximum Gasteiger partial charge on any atom is 0.359 e. The Balaban J connectivity index is 1.90. The van der Waals surface area contributed by atoms with E-state index in [0.29, 0.717) is 15.2 Å². The van der Waals surface area contributed by atoms with Crippen LogP contribution in [0.25, 0.3) is 0 Å². The van der Waals surface area contributed by atoms with Crippen LogP contribution in [-0.2, 0) is 4.74 Å². The first kappa shape index (κ1) is 16.4. The van der Waals surface area contributed by atoms with Gasteiger partial charge in [0.15, 0.2) is 10.9 Å². The van der Waals surface area contributed by atoms with E-state index in [1.54, 1.807) is 12.1 Å². The van der Waals surface area contributed by atoms with Gasteiger partial charge in [-0.3, -0.25) is 5.10 Å². The maximum absolute atomic E-state index is 13.0. The number of rotatable bonds is 5. The van der Waals surface area contributed by atoms with E-state index < -0.39 is 5.97 Å². The molecule has 7 nitrogen and oxygen atoms in total. The number of methoxy groups -OCH3 is 1. The predicted molar refractivity (Wildman–Crippen MR) is 84.4 cm³/mol. The minimum atomic E-state index is -0.605. The van der Waals surface area contributed by atoms with Crippen molar-refractivity contribution >= 4 is 29.5 Å². The molecule has 2 aromatic heterocycles. The van der Waals surface area contributed by atoms with Crippen molar-refractivity contribution in [3.05, 3.63) is 48.3 Å². The zero-order valence-corrected chi connectivity index (χ0v) is 13.9. The van der Waals surface area contributed by atoms with Gasteiger partial charge in [-0.1, -0.05) is 11.8 Å². The molecule has 10 heteroatoms. The summed E-state index contributed by atoms with van der Waals surface area (Å²) in [5.41, 5.74) is 0.0799. The van der Waals surface area contributed by atoms with Gasteiger partial charge in [0.1, 0.15) is 22.2 Å². The first-order valence-corrected chi connectivity index (χ1v) is 8.21. The predicted octanol–water partition coefficient (Wildman–Crippen LogP) is 2.82. The van der Waals surface area contributed by atoms with Gasteiger partial charge in [0, 0.05) is 4.90 Å². The number of aromatic nitrogens is 5. The number of halogens is 1. The van der Waals surface area contributed by atoms with Crippen LogP contribution < -0.4 is 0 Å². The van der Waals surface area contributed by atoms with E-state index in [4.69, 9.17) is 4.74 Å². The van der Waals surface area contributed by atoms with Crippen molar-refractivity contribution in [2.24, 2.45) is 0 Å². The molecule has 0 spiro atoms. The number of esters is 1.